The van der Waals surface area contributed by atoms with Gasteiger partial charge < -0.3 is 15.4 Å². The number of nitrogens with one attached hydrogen (secondary N) is 1. The van der Waals surface area contributed by atoms with Crippen molar-refractivity contribution in [1.82, 2.24) is 10.2 Å². The van der Waals surface area contributed by atoms with Gasteiger partial charge in [0.25, 0.3) is 0 Å². The van der Waals surface area contributed by atoms with Crippen LogP contribution in [0, 0.1) is 0 Å². The maximum absolute atomic E-state index is 11.6. The zero-order valence-corrected chi connectivity index (χ0v) is 12.0. The van der Waals surface area contributed by atoms with Crippen LogP contribution in [0.15, 0.2) is 0 Å². The van der Waals surface area contributed by atoms with E-state index in [2.05, 4.69) is 10.2 Å². The molecule has 1 saturated carbocycles. The van der Waals surface area contributed by atoms with Gasteiger partial charge in [-0.3, -0.25) is 10.1 Å². The Bertz CT molecular complexity index is 279. The molecule has 0 bridgehead atoms. The first-order valence-electron chi connectivity index (χ1n) is 6.71. The molecule has 5 heteroatoms. The highest BCUT2D eigenvalue weighted by Crippen LogP contribution is 2.22. The third-order valence-corrected chi connectivity index (χ3v) is 3.15. The Morgan fingerprint density at radius 2 is 2.17 bits per heavy atom. The van der Waals surface area contributed by atoms with Gasteiger partial charge in [-0.2, -0.15) is 0 Å². The smallest absolute Gasteiger partial charge is 0.238 e. The zero-order valence-electron chi connectivity index (χ0n) is 12.0. The fourth-order valence-corrected chi connectivity index (χ4v) is 1.94. The fraction of sp³-hybridized carbons (Fsp3) is 0.923. The highest BCUT2D eigenvalue weighted by Gasteiger charge is 2.37. The maximum Gasteiger partial charge on any atom is 0.238 e. The van der Waals surface area contributed by atoms with E-state index in [9.17, 15) is 4.79 Å². The van der Waals surface area contributed by atoms with Gasteiger partial charge in [0.2, 0.25) is 5.91 Å². The second kappa shape index (κ2) is 6.50. The summed E-state index contributed by atoms with van der Waals surface area (Å²) in [4.78, 5) is 13.7. The summed E-state index contributed by atoms with van der Waals surface area (Å²) < 4.78 is 5.50. The Morgan fingerprint density at radius 1 is 1.56 bits per heavy atom. The SMILES string of the molecule is CC(C)OCCN(C)CC(C)(NC1CC1)C(N)=O. The minimum atomic E-state index is -0.645. The Kier molecular flexibility index (Phi) is 5.56. The second-order valence-electron chi connectivity index (χ2n) is 5.77. The van der Waals surface area contributed by atoms with Crippen molar-refractivity contribution in [2.24, 2.45) is 5.73 Å². The van der Waals surface area contributed by atoms with E-state index in [1.165, 1.54) is 0 Å². The van der Waals surface area contributed by atoms with E-state index in [1.54, 1.807) is 0 Å². The van der Waals surface area contributed by atoms with Crippen LogP contribution in [0.2, 0.25) is 0 Å². The third kappa shape index (κ3) is 5.33. The van der Waals surface area contributed by atoms with Crippen molar-refractivity contribution in [3.8, 4) is 0 Å². The highest BCUT2D eigenvalue weighted by molar-refractivity contribution is 5.84. The number of nitrogens with two attached hydrogens (primary N) is 1. The molecule has 0 aromatic rings. The Balaban J connectivity index is 2.37. The molecular formula is C13H27N3O2. The Labute approximate surface area is 110 Å². The summed E-state index contributed by atoms with van der Waals surface area (Å²) >= 11 is 0. The summed E-state index contributed by atoms with van der Waals surface area (Å²) in [5.41, 5.74) is 4.87. The summed E-state index contributed by atoms with van der Waals surface area (Å²) in [5.74, 6) is -0.286. The summed E-state index contributed by atoms with van der Waals surface area (Å²) in [6.07, 6.45) is 2.53. The van der Waals surface area contributed by atoms with Crippen LogP contribution in [-0.4, -0.2) is 55.2 Å². The lowest BCUT2D eigenvalue weighted by atomic mass is 10.0. The number of hydrogen-bond donors (Lipinski definition) is 2. The average Bonchev–Trinajstić information content (AvgIpc) is 3.00. The Hall–Kier alpha value is -0.650. The lowest BCUT2D eigenvalue weighted by molar-refractivity contribution is -0.124. The van der Waals surface area contributed by atoms with E-state index in [1.807, 2.05) is 27.8 Å². The third-order valence-electron chi connectivity index (χ3n) is 3.15. The van der Waals surface area contributed by atoms with E-state index in [0.29, 0.717) is 19.2 Å². The molecule has 0 radical (unpaired) electrons. The Morgan fingerprint density at radius 3 is 2.61 bits per heavy atom. The topological polar surface area (TPSA) is 67.6 Å². The predicted octanol–water partition coefficient (Wildman–Crippen LogP) is 0.339. The van der Waals surface area contributed by atoms with Crippen molar-refractivity contribution in [3.63, 3.8) is 0 Å². The molecule has 18 heavy (non-hydrogen) atoms. The minimum Gasteiger partial charge on any atom is -0.377 e. The molecule has 0 spiro atoms. The van der Waals surface area contributed by atoms with Gasteiger partial charge >= 0.3 is 0 Å². The number of primary amides is 1. The molecule has 106 valence electrons. The second-order valence-corrected chi connectivity index (χ2v) is 5.77. The van der Waals surface area contributed by atoms with Crippen molar-refractivity contribution in [1.29, 1.82) is 0 Å². The summed E-state index contributed by atoms with van der Waals surface area (Å²) in [7, 11) is 1.99. The molecule has 1 unspecified atom stereocenters. The number of ether oxygens (including phenoxy) is 1. The first kappa shape index (κ1) is 15.4. The van der Waals surface area contributed by atoms with Gasteiger partial charge in [-0.05, 0) is 40.7 Å². The molecule has 1 aliphatic carbocycles. The molecule has 1 rings (SSSR count). The summed E-state index contributed by atoms with van der Waals surface area (Å²) in [6.45, 7) is 8.00. The van der Waals surface area contributed by atoms with Gasteiger partial charge in [-0.25, -0.2) is 0 Å². The van der Waals surface area contributed by atoms with Crippen molar-refractivity contribution >= 4 is 5.91 Å². The molecule has 1 atom stereocenters. The number of likely N-dealkylation sites (N-methyl/N-ethyl adjacent to an activating group) is 1. The van der Waals surface area contributed by atoms with Crippen LogP contribution in [0.4, 0.5) is 0 Å². The van der Waals surface area contributed by atoms with Crippen molar-refractivity contribution in [2.45, 2.75) is 51.3 Å². The van der Waals surface area contributed by atoms with E-state index in [-0.39, 0.29) is 12.0 Å². The monoisotopic (exact) mass is 257 g/mol. The van der Waals surface area contributed by atoms with Crippen molar-refractivity contribution < 1.29 is 9.53 Å². The largest absolute Gasteiger partial charge is 0.377 e. The van der Waals surface area contributed by atoms with Gasteiger partial charge in [0.15, 0.2) is 0 Å². The van der Waals surface area contributed by atoms with Gasteiger partial charge in [-0.1, -0.05) is 0 Å². The molecule has 0 aliphatic heterocycles. The van der Waals surface area contributed by atoms with Gasteiger partial charge in [0.1, 0.15) is 5.54 Å². The average molecular weight is 257 g/mol. The molecule has 0 aromatic carbocycles. The molecule has 1 fully saturated rings. The molecule has 1 amide bonds. The van der Waals surface area contributed by atoms with Gasteiger partial charge in [-0.15, -0.1) is 0 Å². The number of carbonyl (C=O) groups excluding carboxylic acids is 1. The number of amides is 1. The highest BCUT2D eigenvalue weighted by atomic mass is 16.5. The molecule has 5 nitrogen and oxygen atoms in total. The zero-order chi connectivity index (χ0) is 13.8. The normalized spacial score (nSPS) is 19.2. The minimum absolute atomic E-state index is 0.241. The van der Waals surface area contributed by atoms with E-state index >= 15 is 0 Å². The van der Waals surface area contributed by atoms with Crippen LogP contribution >= 0.6 is 0 Å². The maximum atomic E-state index is 11.6. The van der Waals surface area contributed by atoms with Gasteiger partial charge in [0, 0.05) is 19.1 Å². The van der Waals surface area contributed by atoms with Crippen molar-refractivity contribution in [3.05, 3.63) is 0 Å². The van der Waals surface area contributed by atoms with E-state index in [4.69, 9.17) is 10.5 Å². The number of carbonyl (C=O) groups is 1. The van der Waals surface area contributed by atoms with Crippen molar-refractivity contribution in [2.75, 3.05) is 26.7 Å². The van der Waals surface area contributed by atoms with E-state index < -0.39 is 5.54 Å². The predicted molar refractivity (Wildman–Crippen MR) is 72.3 cm³/mol. The van der Waals surface area contributed by atoms with Crippen LogP contribution in [-0.2, 0) is 9.53 Å². The standard InChI is InChI=1S/C13H27N3O2/c1-10(2)18-8-7-16(4)9-13(3,12(14)17)15-11-5-6-11/h10-11,15H,5-9H2,1-4H3,(H2,14,17). The molecule has 1 aliphatic rings. The molecule has 0 aromatic heterocycles. The molecule has 3 N–H and O–H groups in total. The van der Waals surface area contributed by atoms with E-state index in [0.717, 1.165) is 19.4 Å². The van der Waals surface area contributed by atoms with Crippen LogP contribution in [0.25, 0.3) is 0 Å². The van der Waals surface area contributed by atoms with Crippen LogP contribution in [0.5, 0.6) is 0 Å². The van der Waals surface area contributed by atoms with Crippen LogP contribution in [0.3, 0.4) is 0 Å². The molecule has 0 saturated heterocycles. The molecular weight excluding hydrogens is 230 g/mol. The number of rotatable bonds is 9. The summed E-state index contributed by atoms with van der Waals surface area (Å²) in [5, 5.41) is 3.34. The quantitative estimate of drug-likeness (QED) is 0.625. The van der Waals surface area contributed by atoms with Crippen LogP contribution in [0.1, 0.15) is 33.6 Å². The lowest BCUT2D eigenvalue weighted by Crippen LogP contribution is -2.60. The van der Waals surface area contributed by atoms with Gasteiger partial charge in [0.05, 0.1) is 12.7 Å². The summed E-state index contributed by atoms with van der Waals surface area (Å²) in [6, 6.07) is 0.461. The lowest BCUT2D eigenvalue weighted by Gasteiger charge is -2.32. The first-order valence-corrected chi connectivity index (χ1v) is 6.71. The van der Waals surface area contributed by atoms with Crippen LogP contribution < -0.4 is 11.1 Å². The molecule has 0 heterocycles. The number of nitrogens with zero attached hydrogens (tertiary/aromatic N) is 1. The number of hydrogen-bond acceptors (Lipinski definition) is 4. The first-order chi connectivity index (χ1) is 8.33. The fourth-order valence-electron chi connectivity index (χ4n) is 1.94.